The molecule has 0 saturated heterocycles. The Bertz CT molecular complexity index is 208. The van der Waals surface area contributed by atoms with Crippen LogP contribution in [0.15, 0.2) is 18.2 Å². The van der Waals surface area contributed by atoms with Crippen LogP contribution in [0.25, 0.3) is 0 Å². The van der Waals surface area contributed by atoms with Gasteiger partial charge in [-0.05, 0) is 26.1 Å². The Morgan fingerprint density at radius 3 is 2.90 bits per heavy atom. The quantitative estimate of drug-likeness (QED) is 0.658. The van der Waals surface area contributed by atoms with Crippen molar-refractivity contribution in [2.45, 2.75) is 13.5 Å². The van der Waals surface area contributed by atoms with E-state index in [0.717, 1.165) is 17.9 Å². The largest absolute Gasteiger partial charge is 0.314 e. The van der Waals surface area contributed by atoms with Gasteiger partial charge >= 0.3 is 0 Å². The molecule has 0 spiro atoms. The minimum atomic E-state index is 0.849. The van der Waals surface area contributed by atoms with Crippen LogP contribution in [-0.2, 0) is 6.54 Å². The van der Waals surface area contributed by atoms with E-state index in [1.165, 1.54) is 0 Å². The Labute approximate surface area is 61.3 Å². The average molecular weight is 136 g/mol. The lowest BCUT2D eigenvalue weighted by atomic mass is 10.3. The smallest absolute Gasteiger partial charge is 0.0544 e. The molecule has 1 heterocycles. The van der Waals surface area contributed by atoms with Gasteiger partial charge in [-0.1, -0.05) is 6.07 Å². The van der Waals surface area contributed by atoms with Gasteiger partial charge in [0.25, 0.3) is 0 Å². The molecule has 54 valence electrons. The molecular formula is C8H12N2. The van der Waals surface area contributed by atoms with Gasteiger partial charge in [0.05, 0.1) is 5.69 Å². The lowest BCUT2D eigenvalue weighted by Crippen LogP contribution is -2.06. The van der Waals surface area contributed by atoms with Crippen LogP contribution in [-0.4, -0.2) is 12.0 Å². The van der Waals surface area contributed by atoms with Crippen LogP contribution in [0.5, 0.6) is 0 Å². The maximum Gasteiger partial charge on any atom is 0.0544 e. The van der Waals surface area contributed by atoms with Gasteiger partial charge in [-0.15, -0.1) is 0 Å². The molecular weight excluding hydrogens is 124 g/mol. The first kappa shape index (κ1) is 7.22. The van der Waals surface area contributed by atoms with Crippen LogP contribution in [0.4, 0.5) is 0 Å². The molecule has 0 fully saturated rings. The zero-order valence-electron chi connectivity index (χ0n) is 6.39. The van der Waals surface area contributed by atoms with E-state index in [1.807, 2.05) is 32.2 Å². The second-order valence-corrected chi connectivity index (χ2v) is 2.30. The average Bonchev–Trinajstić information content (AvgIpc) is 1.88. The molecule has 0 aliphatic heterocycles. The number of nitrogens with one attached hydrogen (secondary N) is 1. The summed E-state index contributed by atoms with van der Waals surface area (Å²) in [4.78, 5) is 4.30. The third-order valence-corrected chi connectivity index (χ3v) is 1.30. The van der Waals surface area contributed by atoms with Crippen molar-refractivity contribution in [3.63, 3.8) is 0 Å². The number of pyridine rings is 1. The first-order valence-corrected chi connectivity index (χ1v) is 3.40. The highest BCUT2D eigenvalue weighted by atomic mass is 14.8. The minimum absolute atomic E-state index is 0.849. The van der Waals surface area contributed by atoms with Crippen molar-refractivity contribution >= 4 is 0 Å². The molecule has 0 unspecified atom stereocenters. The van der Waals surface area contributed by atoms with E-state index in [1.54, 1.807) is 0 Å². The number of hydrogen-bond acceptors (Lipinski definition) is 2. The Morgan fingerprint density at radius 1 is 1.50 bits per heavy atom. The second kappa shape index (κ2) is 3.32. The summed E-state index contributed by atoms with van der Waals surface area (Å²) < 4.78 is 0. The number of rotatable bonds is 2. The summed E-state index contributed by atoms with van der Waals surface area (Å²) in [5.41, 5.74) is 2.18. The van der Waals surface area contributed by atoms with E-state index in [0.29, 0.717) is 0 Å². The summed E-state index contributed by atoms with van der Waals surface area (Å²) in [5, 5.41) is 3.05. The van der Waals surface area contributed by atoms with E-state index in [4.69, 9.17) is 0 Å². The highest BCUT2D eigenvalue weighted by Crippen LogP contribution is 1.96. The first-order chi connectivity index (χ1) is 4.83. The molecule has 2 nitrogen and oxygen atoms in total. The van der Waals surface area contributed by atoms with Crippen molar-refractivity contribution in [3.8, 4) is 0 Å². The van der Waals surface area contributed by atoms with Crippen molar-refractivity contribution in [1.82, 2.24) is 10.3 Å². The van der Waals surface area contributed by atoms with Crippen LogP contribution in [0.2, 0.25) is 0 Å². The summed E-state index contributed by atoms with van der Waals surface area (Å²) in [6.45, 7) is 2.85. The molecule has 0 aromatic carbocycles. The van der Waals surface area contributed by atoms with Gasteiger partial charge in [0.15, 0.2) is 0 Å². The SMILES string of the molecule is CNCc1cccc(C)n1. The summed E-state index contributed by atoms with van der Waals surface area (Å²) in [6, 6.07) is 6.04. The Morgan fingerprint density at radius 2 is 2.30 bits per heavy atom. The number of hydrogen-bond donors (Lipinski definition) is 1. The third kappa shape index (κ3) is 1.81. The summed E-state index contributed by atoms with van der Waals surface area (Å²) in [7, 11) is 1.92. The van der Waals surface area contributed by atoms with Crippen LogP contribution < -0.4 is 5.32 Å². The molecule has 0 aliphatic carbocycles. The zero-order valence-corrected chi connectivity index (χ0v) is 6.39. The topological polar surface area (TPSA) is 24.9 Å². The minimum Gasteiger partial charge on any atom is -0.314 e. The van der Waals surface area contributed by atoms with Crippen LogP contribution >= 0.6 is 0 Å². The fraction of sp³-hybridized carbons (Fsp3) is 0.375. The monoisotopic (exact) mass is 136 g/mol. The fourth-order valence-electron chi connectivity index (χ4n) is 0.879. The van der Waals surface area contributed by atoms with E-state index in [-0.39, 0.29) is 0 Å². The molecule has 0 aliphatic rings. The number of aryl methyl sites for hydroxylation is 1. The predicted molar refractivity (Wildman–Crippen MR) is 41.7 cm³/mol. The van der Waals surface area contributed by atoms with Crippen molar-refractivity contribution in [1.29, 1.82) is 0 Å². The summed E-state index contributed by atoms with van der Waals surface area (Å²) in [5.74, 6) is 0. The molecule has 1 N–H and O–H groups in total. The number of aromatic nitrogens is 1. The molecule has 10 heavy (non-hydrogen) atoms. The van der Waals surface area contributed by atoms with Crippen LogP contribution in [0.1, 0.15) is 11.4 Å². The molecule has 1 aromatic heterocycles. The predicted octanol–water partition coefficient (Wildman–Crippen LogP) is 1.11. The maximum atomic E-state index is 4.30. The first-order valence-electron chi connectivity index (χ1n) is 3.40. The van der Waals surface area contributed by atoms with Crippen molar-refractivity contribution in [3.05, 3.63) is 29.6 Å². The molecule has 0 saturated carbocycles. The lowest BCUT2D eigenvalue weighted by Gasteiger charge is -1.98. The Hall–Kier alpha value is -0.890. The molecule has 0 amide bonds. The van der Waals surface area contributed by atoms with E-state index < -0.39 is 0 Å². The molecule has 0 atom stereocenters. The van der Waals surface area contributed by atoms with Crippen LogP contribution in [0.3, 0.4) is 0 Å². The summed E-state index contributed by atoms with van der Waals surface area (Å²) in [6.07, 6.45) is 0. The van der Waals surface area contributed by atoms with Gasteiger partial charge in [-0.2, -0.15) is 0 Å². The van der Waals surface area contributed by atoms with Gasteiger partial charge in [-0.25, -0.2) is 0 Å². The van der Waals surface area contributed by atoms with Gasteiger partial charge in [0.2, 0.25) is 0 Å². The van der Waals surface area contributed by atoms with E-state index in [9.17, 15) is 0 Å². The van der Waals surface area contributed by atoms with Crippen LogP contribution in [0, 0.1) is 6.92 Å². The van der Waals surface area contributed by atoms with Gasteiger partial charge in [0, 0.05) is 12.2 Å². The molecule has 1 aromatic rings. The maximum absolute atomic E-state index is 4.30. The second-order valence-electron chi connectivity index (χ2n) is 2.30. The summed E-state index contributed by atoms with van der Waals surface area (Å²) >= 11 is 0. The van der Waals surface area contributed by atoms with Crippen molar-refractivity contribution < 1.29 is 0 Å². The van der Waals surface area contributed by atoms with E-state index >= 15 is 0 Å². The Kier molecular flexibility index (Phi) is 2.40. The lowest BCUT2D eigenvalue weighted by molar-refractivity contribution is 0.787. The van der Waals surface area contributed by atoms with Crippen molar-refractivity contribution in [2.24, 2.45) is 0 Å². The van der Waals surface area contributed by atoms with E-state index in [2.05, 4.69) is 10.3 Å². The zero-order chi connectivity index (χ0) is 7.40. The standard InChI is InChI=1S/C8H12N2/c1-7-4-3-5-8(10-7)6-9-2/h3-5,9H,6H2,1-2H3. The van der Waals surface area contributed by atoms with Gasteiger partial charge in [0.1, 0.15) is 0 Å². The van der Waals surface area contributed by atoms with Gasteiger partial charge < -0.3 is 5.32 Å². The molecule has 1 rings (SSSR count). The number of nitrogens with zero attached hydrogens (tertiary/aromatic N) is 1. The van der Waals surface area contributed by atoms with Gasteiger partial charge in [-0.3, -0.25) is 4.98 Å². The fourth-order valence-corrected chi connectivity index (χ4v) is 0.879. The highest BCUT2D eigenvalue weighted by Gasteiger charge is 1.89. The van der Waals surface area contributed by atoms with Crippen molar-refractivity contribution in [2.75, 3.05) is 7.05 Å². The Balaban J connectivity index is 2.75. The third-order valence-electron chi connectivity index (χ3n) is 1.30. The normalized spacial score (nSPS) is 9.80. The molecule has 0 radical (unpaired) electrons. The molecule has 2 heteroatoms. The molecule has 0 bridgehead atoms. The highest BCUT2D eigenvalue weighted by molar-refractivity contribution is 5.09.